The fourth-order valence-corrected chi connectivity index (χ4v) is 1.67. The lowest BCUT2D eigenvalue weighted by molar-refractivity contribution is 0.238. The van der Waals surface area contributed by atoms with Crippen molar-refractivity contribution in [3.05, 3.63) is 12.2 Å². The molecule has 70 valence electrons. The Kier molecular flexibility index (Phi) is 4.33. The highest BCUT2D eigenvalue weighted by atomic mass is 16.2. The van der Waals surface area contributed by atoms with E-state index >= 15 is 0 Å². The molecule has 1 aliphatic heterocycles. The highest BCUT2D eigenvalue weighted by Crippen LogP contribution is 2.10. The number of aliphatic hydroxyl groups excluding tert-OH is 1. The van der Waals surface area contributed by atoms with Gasteiger partial charge in [-0.1, -0.05) is 18.6 Å². The summed E-state index contributed by atoms with van der Waals surface area (Å²) in [5.41, 5.74) is 1.17. The molecule has 0 atom stereocenters. The molecule has 1 rings (SSSR count). The molecule has 0 unspecified atom stereocenters. The largest absolute Gasteiger partial charge is 0.396 e. The molecule has 0 saturated carbocycles. The van der Waals surface area contributed by atoms with E-state index in [1.807, 2.05) is 0 Å². The Morgan fingerprint density at radius 1 is 1.25 bits per heavy atom. The Bertz CT molecular complexity index is 139. The summed E-state index contributed by atoms with van der Waals surface area (Å²) in [6, 6.07) is 0. The predicted octanol–water partition coefficient (Wildman–Crippen LogP) is 1.41. The summed E-state index contributed by atoms with van der Waals surface area (Å²) >= 11 is 0. The molecule has 0 aromatic heterocycles. The molecule has 0 spiro atoms. The summed E-state index contributed by atoms with van der Waals surface area (Å²) in [6.07, 6.45) is 4.79. The molecule has 2 nitrogen and oxygen atoms in total. The zero-order valence-electron chi connectivity index (χ0n) is 7.76. The van der Waals surface area contributed by atoms with Gasteiger partial charge in [0.25, 0.3) is 0 Å². The standard InChI is InChI=1S/C10H19NO/c1-10(5-8-12)9-11-6-3-2-4-7-11/h12H,1-9H2. The molecule has 12 heavy (non-hydrogen) atoms. The zero-order valence-corrected chi connectivity index (χ0v) is 7.76. The van der Waals surface area contributed by atoms with Crippen molar-refractivity contribution in [2.24, 2.45) is 0 Å². The maximum Gasteiger partial charge on any atom is 0.0468 e. The molecule has 1 aliphatic rings. The second-order valence-corrected chi connectivity index (χ2v) is 3.56. The van der Waals surface area contributed by atoms with Gasteiger partial charge in [0.05, 0.1) is 0 Å². The Balaban J connectivity index is 2.15. The van der Waals surface area contributed by atoms with E-state index in [-0.39, 0.29) is 6.61 Å². The van der Waals surface area contributed by atoms with E-state index in [1.54, 1.807) is 0 Å². The van der Waals surface area contributed by atoms with Crippen LogP contribution >= 0.6 is 0 Å². The Morgan fingerprint density at radius 2 is 1.92 bits per heavy atom. The van der Waals surface area contributed by atoms with Crippen molar-refractivity contribution in [2.45, 2.75) is 25.7 Å². The van der Waals surface area contributed by atoms with Gasteiger partial charge in [0, 0.05) is 13.2 Å². The van der Waals surface area contributed by atoms with E-state index in [4.69, 9.17) is 5.11 Å². The van der Waals surface area contributed by atoms with Crippen molar-refractivity contribution in [1.29, 1.82) is 0 Å². The number of piperidine rings is 1. The lowest BCUT2D eigenvalue weighted by atomic mass is 10.1. The zero-order chi connectivity index (χ0) is 8.81. The lowest BCUT2D eigenvalue weighted by Gasteiger charge is -2.26. The van der Waals surface area contributed by atoms with Crippen LogP contribution in [-0.2, 0) is 0 Å². The van der Waals surface area contributed by atoms with E-state index < -0.39 is 0 Å². The smallest absolute Gasteiger partial charge is 0.0468 e. The van der Waals surface area contributed by atoms with Gasteiger partial charge in [0.2, 0.25) is 0 Å². The van der Waals surface area contributed by atoms with Gasteiger partial charge < -0.3 is 5.11 Å². The third kappa shape index (κ3) is 3.37. The Labute approximate surface area is 74.9 Å². The molecule has 1 N–H and O–H groups in total. The average molecular weight is 169 g/mol. The topological polar surface area (TPSA) is 23.5 Å². The van der Waals surface area contributed by atoms with Crippen molar-refractivity contribution < 1.29 is 5.11 Å². The molecular weight excluding hydrogens is 150 g/mol. The van der Waals surface area contributed by atoms with E-state index in [2.05, 4.69) is 11.5 Å². The Hall–Kier alpha value is -0.340. The van der Waals surface area contributed by atoms with E-state index in [9.17, 15) is 0 Å². The molecule has 0 aliphatic carbocycles. The van der Waals surface area contributed by atoms with Crippen LogP contribution < -0.4 is 0 Å². The fraction of sp³-hybridized carbons (Fsp3) is 0.800. The first kappa shape index (κ1) is 9.75. The van der Waals surface area contributed by atoms with Crippen LogP contribution in [0.15, 0.2) is 12.2 Å². The molecule has 0 bridgehead atoms. The number of nitrogens with zero attached hydrogens (tertiary/aromatic N) is 1. The van der Waals surface area contributed by atoms with Crippen molar-refractivity contribution in [3.63, 3.8) is 0 Å². The monoisotopic (exact) mass is 169 g/mol. The van der Waals surface area contributed by atoms with Gasteiger partial charge in [-0.25, -0.2) is 0 Å². The van der Waals surface area contributed by atoms with Gasteiger partial charge >= 0.3 is 0 Å². The minimum absolute atomic E-state index is 0.243. The number of hydrogen-bond donors (Lipinski definition) is 1. The lowest BCUT2D eigenvalue weighted by Crippen LogP contribution is -2.31. The van der Waals surface area contributed by atoms with E-state index in [0.717, 1.165) is 13.0 Å². The van der Waals surface area contributed by atoms with Crippen LogP contribution in [0.1, 0.15) is 25.7 Å². The van der Waals surface area contributed by atoms with Crippen LogP contribution in [0.4, 0.5) is 0 Å². The van der Waals surface area contributed by atoms with Gasteiger partial charge in [-0.05, 0) is 32.4 Å². The van der Waals surface area contributed by atoms with Gasteiger partial charge in [-0.2, -0.15) is 0 Å². The molecule has 0 aromatic carbocycles. The first-order chi connectivity index (χ1) is 5.83. The molecule has 0 aromatic rings. The molecule has 1 saturated heterocycles. The molecule has 0 amide bonds. The predicted molar refractivity (Wildman–Crippen MR) is 51.1 cm³/mol. The number of hydrogen-bond acceptors (Lipinski definition) is 2. The van der Waals surface area contributed by atoms with Crippen LogP contribution in [0.25, 0.3) is 0 Å². The van der Waals surface area contributed by atoms with Crippen LogP contribution in [-0.4, -0.2) is 36.2 Å². The average Bonchev–Trinajstić information content (AvgIpc) is 2.06. The minimum Gasteiger partial charge on any atom is -0.396 e. The quantitative estimate of drug-likeness (QED) is 0.643. The number of aliphatic hydroxyl groups is 1. The summed E-state index contributed by atoms with van der Waals surface area (Å²) in [7, 11) is 0. The van der Waals surface area contributed by atoms with E-state index in [0.29, 0.717) is 0 Å². The molecule has 1 fully saturated rings. The van der Waals surface area contributed by atoms with Crippen LogP contribution in [0.3, 0.4) is 0 Å². The molecule has 1 heterocycles. The Morgan fingerprint density at radius 3 is 2.50 bits per heavy atom. The summed E-state index contributed by atoms with van der Waals surface area (Å²) in [6.45, 7) is 7.59. The molecule has 0 radical (unpaired) electrons. The molecule has 2 heteroatoms. The molecular formula is C10H19NO. The summed E-state index contributed by atoms with van der Waals surface area (Å²) < 4.78 is 0. The third-order valence-corrected chi connectivity index (χ3v) is 2.36. The highest BCUT2D eigenvalue weighted by Gasteiger charge is 2.09. The summed E-state index contributed by atoms with van der Waals surface area (Å²) in [5.74, 6) is 0. The second kappa shape index (κ2) is 5.33. The van der Waals surface area contributed by atoms with Crippen molar-refractivity contribution in [1.82, 2.24) is 4.90 Å². The fourth-order valence-electron chi connectivity index (χ4n) is 1.67. The summed E-state index contributed by atoms with van der Waals surface area (Å²) in [4.78, 5) is 2.43. The van der Waals surface area contributed by atoms with Crippen LogP contribution in [0.2, 0.25) is 0 Å². The first-order valence-corrected chi connectivity index (χ1v) is 4.83. The van der Waals surface area contributed by atoms with Gasteiger partial charge in [0.1, 0.15) is 0 Å². The first-order valence-electron chi connectivity index (χ1n) is 4.83. The van der Waals surface area contributed by atoms with Crippen molar-refractivity contribution in [2.75, 3.05) is 26.2 Å². The van der Waals surface area contributed by atoms with Crippen LogP contribution in [0.5, 0.6) is 0 Å². The maximum absolute atomic E-state index is 8.69. The van der Waals surface area contributed by atoms with Gasteiger partial charge in [-0.15, -0.1) is 0 Å². The minimum atomic E-state index is 0.243. The number of rotatable bonds is 4. The van der Waals surface area contributed by atoms with E-state index in [1.165, 1.54) is 37.9 Å². The van der Waals surface area contributed by atoms with Gasteiger partial charge in [-0.3, -0.25) is 4.90 Å². The second-order valence-electron chi connectivity index (χ2n) is 3.56. The highest BCUT2D eigenvalue weighted by molar-refractivity contribution is 4.97. The van der Waals surface area contributed by atoms with Gasteiger partial charge in [0.15, 0.2) is 0 Å². The third-order valence-electron chi connectivity index (χ3n) is 2.36. The maximum atomic E-state index is 8.69. The SMILES string of the molecule is C=C(CCO)CN1CCCCC1. The van der Waals surface area contributed by atoms with Crippen molar-refractivity contribution >= 4 is 0 Å². The van der Waals surface area contributed by atoms with Crippen molar-refractivity contribution in [3.8, 4) is 0 Å². The number of likely N-dealkylation sites (tertiary alicyclic amines) is 1. The normalized spacial score (nSPS) is 19.4. The summed E-state index contributed by atoms with van der Waals surface area (Å²) in [5, 5.41) is 8.69. The van der Waals surface area contributed by atoms with Crippen LogP contribution in [0, 0.1) is 0 Å².